The molecule has 12 aromatic rings. The molecule has 0 fully saturated rings. The summed E-state index contributed by atoms with van der Waals surface area (Å²) in [5.74, 6) is 1.80. The molecule has 0 atom stereocenters. The molecule has 0 spiro atoms. The van der Waals surface area contributed by atoms with E-state index in [9.17, 15) is 5.26 Å². The number of benzene rings is 9. The molecule has 6 heteroatoms. The van der Waals surface area contributed by atoms with Crippen molar-refractivity contribution in [1.29, 1.82) is 5.26 Å². The van der Waals surface area contributed by atoms with Crippen LogP contribution in [0.25, 0.3) is 111 Å². The number of para-hydroxylation sites is 2. The standard InChI is InChI=1S/C82H84N6/c1-77(2,3)56-32-36-71-65(47-56)62-26-19-21-28-68(62)87(71)70-34-30-52(51-25-23-24-50(38-51)49-83)43-64(70)53-31-35-73(88-69-29-22-20-27-63(69)66-48-57(78(4,5)6)33-37-72(66)88)67(44-53)76-85-74(54-39-58(79(7,8)9)45-59(40-54)80(10,11)12)84-75(86-76)55-41-60(81(13,14)15)46-61(42-55)82(16,17)18/h19-48H,1-18H3. The Morgan fingerprint density at radius 1 is 0.284 bits per heavy atom. The zero-order valence-corrected chi connectivity index (χ0v) is 55.0. The van der Waals surface area contributed by atoms with E-state index in [2.05, 4.69) is 304 Å². The van der Waals surface area contributed by atoms with E-state index in [-0.39, 0.29) is 32.5 Å². The molecule has 0 bridgehead atoms. The van der Waals surface area contributed by atoms with Crippen molar-refractivity contribution in [1.82, 2.24) is 24.1 Å². The van der Waals surface area contributed by atoms with Crippen LogP contribution in [0.5, 0.6) is 0 Å². The fourth-order valence-corrected chi connectivity index (χ4v) is 12.4. The largest absolute Gasteiger partial charge is 0.309 e. The van der Waals surface area contributed by atoms with Crippen molar-refractivity contribution in [2.24, 2.45) is 0 Å². The molecule has 0 unspecified atom stereocenters. The van der Waals surface area contributed by atoms with Crippen molar-refractivity contribution in [2.75, 3.05) is 0 Å². The summed E-state index contributed by atoms with van der Waals surface area (Å²) in [5, 5.41) is 15.0. The van der Waals surface area contributed by atoms with Gasteiger partial charge in [-0.1, -0.05) is 210 Å². The summed E-state index contributed by atoms with van der Waals surface area (Å²) in [5.41, 5.74) is 20.4. The molecule has 88 heavy (non-hydrogen) atoms. The first-order valence-electron chi connectivity index (χ1n) is 31.3. The van der Waals surface area contributed by atoms with Gasteiger partial charge >= 0.3 is 0 Å². The smallest absolute Gasteiger partial charge is 0.166 e. The van der Waals surface area contributed by atoms with Crippen LogP contribution in [0, 0.1) is 11.3 Å². The lowest BCUT2D eigenvalue weighted by molar-refractivity contribution is 0.568. The Labute approximate surface area is 522 Å². The molecule has 0 N–H and O–H groups in total. The van der Waals surface area contributed by atoms with E-state index in [0.717, 1.165) is 72.4 Å². The summed E-state index contributed by atoms with van der Waals surface area (Å²) < 4.78 is 4.87. The Bertz CT molecular complexity index is 4640. The van der Waals surface area contributed by atoms with E-state index in [1.165, 1.54) is 54.9 Å². The summed E-state index contributed by atoms with van der Waals surface area (Å²) in [4.78, 5) is 17.2. The Morgan fingerprint density at radius 3 is 1.09 bits per heavy atom. The normalized spacial score (nSPS) is 12.9. The molecule has 0 saturated heterocycles. The molecule has 0 aliphatic rings. The maximum atomic E-state index is 10.2. The second-order valence-electron chi connectivity index (χ2n) is 30.7. The molecular weight excluding hydrogens is 1070 g/mol. The van der Waals surface area contributed by atoms with Crippen LogP contribution in [-0.2, 0) is 32.5 Å². The summed E-state index contributed by atoms with van der Waals surface area (Å²) in [6.07, 6.45) is 0. The van der Waals surface area contributed by atoms with Gasteiger partial charge in [0.2, 0.25) is 0 Å². The third kappa shape index (κ3) is 11.0. The number of aromatic nitrogens is 5. The van der Waals surface area contributed by atoms with Gasteiger partial charge in [-0.2, -0.15) is 5.26 Å². The maximum Gasteiger partial charge on any atom is 0.166 e. The molecule has 9 aromatic carbocycles. The van der Waals surface area contributed by atoms with Crippen LogP contribution in [0.4, 0.5) is 0 Å². The summed E-state index contributed by atoms with van der Waals surface area (Å²) in [6, 6.07) is 69.6. The van der Waals surface area contributed by atoms with Gasteiger partial charge in [0.1, 0.15) is 0 Å². The zero-order chi connectivity index (χ0) is 62.8. The highest BCUT2D eigenvalue weighted by Crippen LogP contribution is 2.45. The van der Waals surface area contributed by atoms with Crippen LogP contribution in [0.15, 0.2) is 182 Å². The minimum absolute atomic E-state index is 0.0468. The summed E-state index contributed by atoms with van der Waals surface area (Å²) in [7, 11) is 0. The quantitative estimate of drug-likeness (QED) is 0.159. The fraction of sp³-hybridized carbons (Fsp3) is 0.293. The topological polar surface area (TPSA) is 72.3 Å². The Balaban J connectivity index is 1.23. The number of rotatable bonds is 7. The van der Waals surface area contributed by atoms with Gasteiger partial charge in [0.25, 0.3) is 0 Å². The zero-order valence-electron chi connectivity index (χ0n) is 55.0. The molecule has 0 radical (unpaired) electrons. The number of nitrogens with zero attached hydrogens (tertiary/aromatic N) is 6. The molecule has 442 valence electrons. The summed E-state index contributed by atoms with van der Waals surface area (Å²) >= 11 is 0. The highest BCUT2D eigenvalue weighted by molar-refractivity contribution is 6.11. The van der Waals surface area contributed by atoms with E-state index in [4.69, 9.17) is 15.0 Å². The number of hydrogen-bond donors (Lipinski definition) is 0. The van der Waals surface area contributed by atoms with Crippen molar-refractivity contribution in [3.63, 3.8) is 0 Å². The Morgan fingerprint density at radius 2 is 0.659 bits per heavy atom. The van der Waals surface area contributed by atoms with Crippen molar-refractivity contribution in [3.8, 4) is 73.9 Å². The average molecular weight is 1150 g/mol. The number of hydrogen-bond acceptors (Lipinski definition) is 4. The SMILES string of the molecule is CC(C)(C)c1cc(-c2nc(-c3cc(C(C)(C)C)cc(C(C)(C)C)c3)nc(-c3cc(-c4cc(-c5cccc(C#N)c5)ccc4-n4c5ccccc5c5cc(C(C)(C)C)ccc54)ccc3-n3c4ccccc4c4cc(C(C)(C)C)ccc43)n2)cc(C(C)(C)C)c1. The molecule has 0 aliphatic heterocycles. The Kier molecular flexibility index (Phi) is 14.3. The molecule has 0 amide bonds. The van der Waals surface area contributed by atoms with Gasteiger partial charge in [0.15, 0.2) is 17.5 Å². The van der Waals surface area contributed by atoms with Crippen molar-refractivity contribution in [2.45, 2.75) is 157 Å². The molecule has 3 heterocycles. The Hall–Kier alpha value is -8.92. The van der Waals surface area contributed by atoms with Crippen LogP contribution in [0.3, 0.4) is 0 Å². The van der Waals surface area contributed by atoms with Crippen LogP contribution in [-0.4, -0.2) is 24.1 Å². The fourth-order valence-electron chi connectivity index (χ4n) is 12.4. The predicted molar refractivity (Wildman–Crippen MR) is 373 cm³/mol. The highest BCUT2D eigenvalue weighted by Gasteiger charge is 2.29. The third-order valence-electron chi connectivity index (χ3n) is 17.9. The first-order valence-corrected chi connectivity index (χ1v) is 31.3. The predicted octanol–water partition coefficient (Wildman–Crippen LogP) is 22.1. The number of nitriles is 1. The lowest BCUT2D eigenvalue weighted by atomic mass is 9.79. The lowest BCUT2D eigenvalue weighted by Crippen LogP contribution is -2.17. The van der Waals surface area contributed by atoms with E-state index >= 15 is 0 Å². The molecule has 6 nitrogen and oxygen atoms in total. The minimum Gasteiger partial charge on any atom is -0.309 e. The van der Waals surface area contributed by atoms with Crippen molar-refractivity contribution >= 4 is 43.6 Å². The van der Waals surface area contributed by atoms with Gasteiger partial charge in [-0.3, -0.25) is 0 Å². The monoisotopic (exact) mass is 1150 g/mol. The van der Waals surface area contributed by atoms with Crippen molar-refractivity contribution < 1.29 is 0 Å². The van der Waals surface area contributed by atoms with Crippen LogP contribution >= 0.6 is 0 Å². The van der Waals surface area contributed by atoms with Gasteiger partial charge in [-0.05, 0) is 180 Å². The van der Waals surface area contributed by atoms with Gasteiger partial charge < -0.3 is 9.13 Å². The lowest BCUT2D eigenvalue weighted by Gasteiger charge is -2.26. The van der Waals surface area contributed by atoms with Gasteiger partial charge in [-0.25, -0.2) is 15.0 Å². The van der Waals surface area contributed by atoms with E-state index in [0.29, 0.717) is 23.0 Å². The molecule has 3 aromatic heterocycles. The molecule has 12 rings (SSSR count). The van der Waals surface area contributed by atoms with Crippen LogP contribution in [0.1, 0.15) is 164 Å². The molecule has 0 saturated carbocycles. The minimum atomic E-state index is -0.157. The van der Waals surface area contributed by atoms with Crippen molar-refractivity contribution in [3.05, 3.63) is 221 Å². The molecule has 0 aliphatic carbocycles. The second kappa shape index (κ2) is 21.2. The first-order chi connectivity index (χ1) is 41.3. The van der Waals surface area contributed by atoms with Crippen LogP contribution in [0.2, 0.25) is 0 Å². The second-order valence-corrected chi connectivity index (χ2v) is 30.7. The van der Waals surface area contributed by atoms with Gasteiger partial charge in [0.05, 0.1) is 45.1 Å². The third-order valence-corrected chi connectivity index (χ3v) is 17.9. The van der Waals surface area contributed by atoms with E-state index < -0.39 is 0 Å². The maximum absolute atomic E-state index is 10.2. The first kappa shape index (κ1) is 59.4. The summed E-state index contributed by atoms with van der Waals surface area (Å²) in [6.45, 7) is 41.1. The average Bonchev–Trinajstić information content (AvgIpc) is 1.57. The molecular formula is C82H84N6. The number of fused-ring (bicyclic) bond motifs is 6. The van der Waals surface area contributed by atoms with Gasteiger partial charge in [-0.15, -0.1) is 0 Å². The highest BCUT2D eigenvalue weighted by atomic mass is 15.1. The van der Waals surface area contributed by atoms with E-state index in [1.54, 1.807) is 0 Å². The van der Waals surface area contributed by atoms with Gasteiger partial charge in [0, 0.05) is 43.8 Å². The van der Waals surface area contributed by atoms with Crippen LogP contribution < -0.4 is 0 Å². The van der Waals surface area contributed by atoms with E-state index in [1.807, 2.05) is 18.2 Å².